The van der Waals surface area contributed by atoms with Crippen LogP contribution in [0.4, 0.5) is 22.7 Å². The summed E-state index contributed by atoms with van der Waals surface area (Å²) in [6.07, 6.45) is 28.0. The molecule has 71 heavy (non-hydrogen) atoms. The average Bonchev–Trinajstić information content (AvgIpc) is 3.93. The van der Waals surface area contributed by atoms with Gasteiger partial charge in [-0.05, 0) is 113 Å². The predicted molar refractivity (Wildman–Crippen MR) is 318 cm³/mol. The Labute approximate surface area is 428 Å². The molecule has 0 saturated heterocycles. The smallest absolute Gasteiger partial charge is 0.219 e. The zero-order valence-electron chi connectivity index (χ0n) is 44.4. The summed E-state index contributed by atoms with van der Waals surface area (Å²) in [7, 11) is 0. The number of allylic oxidation sites excluding steroid dienone is 11. The molecule has 0 radical (unpaired) electrons. The molecular formula is C68H78N3+. The van der Waals surface area contributed by atoms with Gasteiger partial charge < -0.3 is 9.47 Å². The van der Waals surface area contributed by atoms with Crippen LogP contribution in [0.15, 0.2) is 224 Å². The van der Waals surface area contributed by atoms with Crippen LogP contribution >= 0.6 is 0 Å². The topological polar surface area (TPSA) is 11.2 Å². The van der Waals surface area contributed by atoms with Crippen LogP contribution in [-0.4, -0.2) is 17.3 Å². The van der Waals surface area contributed by atoms with Gasteiger partial charge in [0.15, 0.2) is 6.21 Å². The first-order valence-electron chi connectivity index (χ1n) is 26.0. The molecule has 3 heteroatoms. The second-order valence-corrected chi connectivity index (χ2v) is 16.9. The van der Waals surface area contributed by atoms with E-state index in [1.165, 1.54) is 91.0 Å². The van der Waals surface area contributed by atoms with E-state index in [-0.39, 0.29) is 0 Å². The Balaban J connectivity index is 0.000000235. The fourth-order valence-corrected chi connectivity index (χ4v) is 8.84. The molecule has 364 valence electrons. The van der Waals surface area contributed by atoms with Gasteiger partial charge in [-0.1, -0.05) is 211 Å². The van der Waals surface area contributed by atoms with E-state index in [4.69, 9.17) is 0 Å². The van der Waals surface area contributed by atoms with Crippen molar-refractivity contribution in [3.8, 4) is 16.8 Å². The summed E-state index contributed by atoms with van der Waals surface area (Å²) in [5.74, 6) is 0. The van der Waals surface area contributed by atoms with Crippen molar-refractivity contribution in [3.05, 3.63) is 246 Å². The highest BCUT2D eigenvalue weighted by Gasteiger charge is 2.32. The zero-order chi connectivity index (χ0) is 51.0. The maximum absolute atomic E-state index is 4.00. The molecule has 0 unspecified atom stereocenters. The Hall–Kier alpha value is -7.49. The summed E-state index contributed by atoms with van der Waals surface area (Å²) < 4.78 is 4.70. The van der Waals surface area contributed by atoms with Crippen LogP contribution < -0.4 is 9.48 Å². The van der Waals surface area contributed by atoms with E-state index in [0.29, 0.717) is 0 Å². The summed E-state index contributed by atoms with van der Waals surface area (Å²) in [5, 5.41) is 1.37. The number of hydrogen-bond donors (Lipinski definition) is 0. The molecule has 0 N–H and O–H groups in total. The third-order valence-electron chi connectivity index (χ3n) is 12.2. The van der Waals surface area contributed by atoms with E-state index in [9.17, 15) is 0 Å². The third-order valence-corrected chi connectivity index (χ3v) is 12.2. The van der Waals surface area contributed by atoms with Crippen molar-refractivity contribution in [1.82, 2.24) is 9.14 Å². The summed E-state index contributed by atoms with van der Waals surface area (Å²) in [6.45, 7) is 25.3. The molecule has 10 rings (SSSR count). The molecule has 6 aromatic carbocycles. The SMILES string of the molecule is C=C/C=C(\CN(c1ccccc1)c1ccc2c(c1)-c1ccccc1[N+]2=C/C=C\C=C/C)c1ccc(C)cc1.CC.CC.CC.CC1=CC=CCC1.CC1=Cc2c(n(-c3ccccc3)c3ccccc23)CC1. The first-order valence-corrected chi connectivity index (χ1v) is 26.0. The van der Waals surface area contributed by atoms with Crippen LogP contribution in [0.25, 0.3) is 39.4 Å². The lowest BCUT2D eigenvalue weighted by Gasteiger charge is -2.27. The highest BCUT2D eigenvalue weighted by atomic mass is 15.1. The minimum Gasteiger partial charge on any atom is -0.337 e. The molecule has 0 spiro atoms. The van der Waals surface area contributed by atoms with Gasteiger partial charge in [-0.2, -0.15) is 4.58 Å². The second-order valence-electron chi connectivity index (χ2n) is 16.9. The Morgan fingerprint density at radius 1 is 0.634 bits per heavy atom. The lowest BCUT2D eigenvalue weighted by Crippen LogP contribution is -2.19. The Bertz CT molecular complexity index is 2980. The number of benzene rings is 6. The lowest BCUT2D eigenvalue weighted by atomic mass is 9.97. The molecule has 0 bridgehead atoms. The quantitative estimate of drug-likeness (QED) is 0.104. The molecule has 0 saturated carbocycles. The maximum atomic E-state index is 4.00. The minimum atomic E-state index is 0.724. The molecule has 7 aromatic rings. The number of hydrogen-bond acceptors (Lipinski definition) is 1. The molecule has 3 aliphatic rings. The number of fused-ring (bicyclic) bond motifs is 6. The van der Waals surface area contributed by atoms with Crippen LogP contribution in [0.1, 0.15) is 104 Å². The molecule has 2 aliphatic carbocycles. The number of aryl methyl sites for hydroxylation is 1. The molecule has 1 aromatic heterocycles. The predicted octanol–water partition coefficient (Wildman–Crippen LogP) is 19.8. The Morgan fingerprint density at radius 3 is 1.96 bits per heavy atom. The standard InChI is InChI=1S/C36H33N2.C19H17N.C7H10.3C2H6/c1-4-6-7-13-25-37-35-18-12-11-17-33(35)34-26-32(23-24-36(34)37)38(31-15-9-8-10-16-31)27-30(14-5-2)29-21-19-28(3)20-22-29;1-14-11-12-19-17(13-14)16-9-5-6-10-18(16)20(19)15-7-3-2-4-8-15;1-7-5-3-2-4-6-7;3*1-2/h4-26H,2,27H2,1,3H3;2-10,13H,11-12H2,1H3;2-3,5H,4,6H2,1H3;3*1-2H3/q+1;;;;;/b6-4-,13-7-,30-14+,37-25?;;;;;. The monoisotopic (exact) mass is 937 g/mol. The second kappa shape index (κ2) is 28.9. The number of para-hydroxylation sites is 4. The largest absolute Gasteiger partial charge is 0.337 e. The molecule has 0 atom stereocenters. The highest BCUT2D eigenvalue weighted by Crippen LogP contribution is 2.47. The molecule has 3 nitrogen and oxygen atoms in total. The lowest BCUT2D eigenvalue weighted by molar-refractivity contribution is 0.856. The molecule has 0 fully saturated rings. The van der Waals surface area contributed by atoms with E-state index in [1.807, 2.05) is 66.7 Å². The van der Waals surface area contributed by atoms with Crippen LogP contribution in [-0.2, 0) is 6.42 Å². The van der Waals surface area contributed by atoms with E-state index < -0.39 is 0 Å². The zero-order valence-corrected chi connectivity index (χ0v) is 44.4. The van der Waals surface area contributed by atoms with Gasteiger partial charge >= 0.3 is 0 Å². The van der Waals surface area contributed by atoms with E-state index in [2.05, 4.69) is 242 Å². The van der Waals surface area contributed by atoms with Crippen molar-refractivity contribution in [3.63, 3.8) is 0 Å². The fraction of sp³-hybridized carbons (Fsp3) is 0.221. The van der Waals surface area contributed by atoms with Crippen LogP contribution in [0.5, 0.6) is 0 Å². The first kappa shape index (κ1) is 54.5. The van der Waals surface area contributed by atoms with E-state index >= 15 is 0 Å². The van der Waals surface area contributed by atoms with Gasteiger partial charge in [0, 0.05) is 58.5 Å². The molecule has 2 heterocycles. The summed E-state index contributed by atoms with van der Waals surface area (Å²) in [6, 6.07) is 54.2. The van der Waals surface area contributed by atoms with Gasteiger partial charge in [-0.15, -0.1) is 0 Å². The van der Waals surface area contributed by atoms with Gasteiger partial charge in [0.25, 0.3) is 0 Å². The van der Waals surface area contributed by atoms with Crippen molar-refractivity contribution in [2.75, 3.05) is 11.4 Å². The molecule has 1 aliphatic heterocycles. The summed E-state index contributed by atoms with van der Waals surface area (Å²) in [5.41, 5.74) is 19.3. The van der Waals surface area contributed by atoms with E-state index in [0.717, 1.165) is 30.8 Å². The van der Waals surface area contributed by atoms with Crippen LogP contribution in [0, 0.1) is 6.92 Å². The minimum absolute atomic E-state index is 0.724. The third kappa shape index (κ3) is 14.1. The average molecular weight is 937 g/mol. The molecular weight excluding hydrogens is 859 g/mol. The summed E-state index contributed by atoms with van der Waals surface area (Å²) in [4.78, 5) is 2.39. The van der Waals surface area contributed by atoms with Gasteiger partial charge in [-0.3, -0.25) is 0 Å². The Kier molecular flexibility index (Phi) is 22.1. The van der Waals surface area contributed by atoms with Crippen molar-refractivity contribution in [2.24, 2.45) is 0 Å². The first-order chi connectivity index (χ1) is 34.9. The van der Waals surface area contributed by atoms with Crippen LogP contribution in [0.3, 0.4) is 0 Å². The van der Waals surface area contributed by atoms with Crippen molar-refractivity contribution < 1.29 is 0 Å². The highest BCUT2D eigenvalue weighted by molar-refractivity contribution is 5.99. The normalized spacial score (nSPS) is 13.5. The van der Waals surface area contributed by atoms with Crippen LogP contribution in [0.2, 0.25) is 0 Å². The number of rotatable bonds is 9. The van der Waals surface area contributed by atoms with Gasteiger partial charge in [0.05, 0.1) is 16.6 Å². The number of anilines is 2. The van der Waals surface area contributed by atoms with Gasteiger partial charge in [0.2, 0.25) is 11.4 Å². The maximum Gasteiger partial charge on any atom is 0.219 e. The number of nitrogens with zero attached hydrogens (tertiary/aromatic N) is 3. The molecule has 0 amide bonds. The number of aromatic nitrogens is 1. The van der Waals surface area contributed by atoms with Gasteiger partial charge in [-0.25, -0.2) is 0 Å². The van der Waals surface area contributed by atoms with Crippen molar-refractivity contribution >= 4 is 51.5 Å². The van der Waals surface area contributed by atoms with Crippen molar-refractivity contribution in [1.29, 1.82) is 0 Å². The summed E-state index contributed by atoms with van der Waals surface area (Å²) >= 11 is 0. The van der Waals surface area contributed by atoms with E-state index in [1.54, 1.807) is 0 Å². The fourth-order valence-electron chi connectivity index (χ4n) is 8.84. The van der Waals surface area contributed by atoms with Crippen molar-refractivity contribution in [2.45, 2.75) is 94.9 Å². The Morgan fingerprint density at radius 2 is 1.30 bits per heavy atom. The van der Waals surface area contributed by atoms with Gasteiger partial charge in [0.1, 0.15) is 0 Å².